The molecule has 0 aliphatic carbocycles. The standard InChI is InChI=1S/C19H23N3O2/c1-20(15-16-5-3-2-4-6-16)17-11-13-21(14-12-17)18-7-9-19(10-8-18)22(23)24/h2-10,17H,11-15H2,1H3. The van der Waals surface area contributed by atoms with Gasteiger partial charge in [0.1, 0.15) is 0 Å². The predicted molar refractivity (Wildman–Crippen MR) is 96.2 cm³/mol. The van der Waals surface area contributed by atoms with E-state index >= 15 is 0 Å². The van der Waals surface area contributed by atoms with E-state index in [0.717, 1.165) is 38.2 Å². The summed E-state index contributed by atoms with van der Waals surface area (Å²) in [5.74, 6) is 0. The number of rotatable bonds is 5. The second-order valence-corrected chi connectivity index (χ2v) is 6.39. The summed E-state index contributed by atoms with van der Waals surface area (Å²) in [5, 5.41) is 10.7. The zero-order valence-electron chi connectivity index (χ0n) is 14.0. The molecule has 0 radical (unpaired) electrons. The third-order valence-corrected chi connectivity index (χ3v) is 4.79. The number of benzene rings is 2. The molecule has 0 unspecified atom stereocenters. The zero-order valence-corrected chi connectivity index (χ0v) is 14.0. The van der Waals surface area contributed by atoms with Crippen molar-refractivity contribution in [3.63, 3.8) is 0 Å². The van der Waals surface area contributed by atoms with Gasteiger partial charge in [-0.25, -0.2) is 0 Å². The van der Waals surface area contributed by atoms with Crippen molar-refractivity contribution in [3.05, 3.63) is 70.3 Å². The molecule has 126 valence electrons. The summed E-state index contributed by atoms with van der Waals surface area (Å²) in [6.07, 6.45) is 2.22. The van der Waals surface area contributed by atoms with Gasteiger partial charge in [0.15, 0.2) is 0 Å². The highest BCUT2D eigenvalue weighted by atomic mass is 16.6. The molecule has 1 aliphatic heterocycles. The van der Waals surface area contributed by atoms with Crippen LogP contribution in [-0.2, 0) is 6.54 Å². The topological polar surface area (TPSA) is 49.6 Å². The van der Waals surface area contributed by atoms with E-state index in [1.165, 1.54) is 5.56 Å². The Hall–Kier alpha value is -2.40. The summed E-state index contributed by atoms with van der Waals surface area (Å²) in [6.45, 7) is 2.95. The lowest BCUT2D eigenvalue weighted by atomic mass is 10.0. The third-order valence-electron chi connectivity index (χ3n) is 4.79. The molecule has 2 aromatic carbocycles. The largest absolute Gasteiger partial charge is 0.371 e. The highest BCUT2D eigenvalue weighted by Crippen LogP contribution is 2.24. The van der Waals surface area contributed by atoms with Crippen molar-refractivity contribution in [2.24, 2.45) is 0 Å². The first-order chi connectivity index (χ1) is 11.6. The number of nitrogens with zero attached hydrogens (tertiary/aromatic N) is 3. The minimum Gasteiger partial charge on any atom is -0.371 e. The number of nitro groups is 1. The van der Waals surface area contributed by atoms with Crippen LogP contribution < -0.4 is 4.90 Å². The molecule has 24 heavy (non-hydrogen) atoms. The van der Waals surface area contributed by atoms with Crippen LogP contribution in [0.1, 0.15) is 18.4 Å². The molecule has 0 saturated carbocycles. The molecule has 2 aromatic rings. The van der Waals surface area contributed by atoms with Crippen LogP contribution in [0.25, 0.3) is 0 Å². The molecular weight excluding hydrogens is 302 g/mol. The van der Waals surface area contributed by atoms with Crippen LogP contribution in [0.5, 0.6) is 0 Å². The van der Waals surface area contributed by atoms with Gasteiger partial charge < -0.3 is 4.90 Å². The highest BCUT2D eigenvalue weighted by molar-refractivity contribution is 5.51. The SMILES string of the molecule is CN(Cc1ccccc1)C1CCN(c2ccc([N+](=O)[O-])cc2)CC1. The second-order valence-electron chi connectivity index (χ2n) is 6.39. The summed E-state index contributed by atoms with van der Waals surface area (Å²) in [7, 11) is 2.19. The van der Waals surface area contributed by atoms with Crippen LogP contribution in [0.4, 0.5) is 11.4 Å². The first-order valence-electron chi connectivity index (χ1n) is 8.37. The van der Waals surface area contributed by atoms with Gasteiger partial charge in [-0.1, -0.05) is 30.3 Å². The van der Waals surface area contributed by atoms with Crippen molar-refractivity contribution >= 4 is 11.4 Å². The second kappa shape index (κ2) is 7.45. The lowest BCUT2D eigenvalue weighted by molar-refractivity contribution is -0.384. The van der Waals surface area contributed by atoms with Crippen molar-refractivity contribution in [1.29, 1.82) is 0 Å². The van der Waals surface area contributed by atoms with Gasteiger partial charge in [0.05, 0.1) is 4.92 Å². The first-order valence-corrected chi connectivity index (χ1v) is 8.37. The molecular formula is C19H23N3O2. The molecule has 1 fully saturated rings. The van der Waals surface area contributed by atoms with Crippen LogP contribution in [0, 0.1) is 10.1 Å². The molecule has 0 spiro atoms. The van der Waals surface area contributed by atoms with E-state index in [1.54, 1.807) is 12.1 Å². The van der Waals surface area contributed by atoms with Gasteiger partial charge in [0, 0.05) is 43.5 Å². The van der Waals surface area contributed by atoms with Crippen molar-refractivity contribution in [3.8, 4) is 0 Å². The van der Waals surface area contributed by atoms with Gasteiger partial charge in [-0.05, 0) is 37.6 Å². The number of nitro benzene ring substituents is 1. The molecule has 0 aromatic heterocycles. The molecule has 3 rings (SSSR count). The van der Waals surface area contributed by atoms with Crippen LogP contribution >= 0.6 is 0 Å². The van der Waals surface area contributed by atoms with Crippen molar-refractivity contribution in [1.82, 2.24) is 4.90 Å². The first kappa shape index (κ1) is 16.5. The molecule has 0 amide bonds. The fourth-order valence-electron chi connectivity index (χ4n) is 3.35. The smallest absolute Gasteiger partial charge is 0.269 e. The Bertz CT molecular complexity index is 665. The highest BCUT2D eigenvalue weighted by Gasteiger charge is 2.23. The van der Waals surface area contributed by atoms with E-state index in [9.17, 15) is 10.1 Å². The van der Waals surface area contributed by atoms with E-state index in [-0.39, 0.29) is 10.6 Å². The van der Waals surface area contributed by atoms with E-state index in [2.05, 4.69) is 41.1 Å². The number of hydrogen-bond donors (Lipinski definition) is 0. The Labute approximate surface area is 142 Å². The third kappa shape index (κ3) is 3.92. The summed E-state index contributed by atoms with van der Waals surface area (Å²) < 4.78 is 0. The summed E-state index contributed by atoms with van der Waals surface area (Å²) in [5.41, 5.74) is 2.57. The van der Waals surface area contributed by atoms with E-state index in [4.69, 9.17) is 0 Å². The molecule has 0 bridgehead atoms. The fraction of sp³-hybridized carbons (Fsp3) is 0.368. The molecule has 1 heterocycles. The Morgan fingerprint density at radius 2 is 1.71 bits per heavy atom. The predicted octanol–water partition coefficient (Wildman–Crippen LogP) is 3.70. The Morgan fingerprint density at radius 3 is 2.29 bits per heavy atom. The van der Waals surface area contributed by atoms with Crippen molar-refractivity contribution in [2.45, 2.75) is 25.4 Å². The molecule has 1 aliphatic rings. The molecule has 5 heteroatoms. The lowest BCUT2D eigenvalue weighted by Gasteiger charge is -2.38. The Kier molecular flexibility index (Phi) is 5.11. The van der Waals surface area contributed by atoms with Crippen molar-refractivity contribution in [2.75, 3.05) is 25.0 Å². The maximum Gasteiger partial charge on any atom is 0.269 e. The minimum absolute atomic E-state index is 0.149. The zero-order chi connectivity index (χ0) is 16.9. The van der Waals surface area contributed by atoms with Crippen LogP contribution in [0.2, 0.25) is 0 Å². The molecule has 0 N–H and O–H groups in total. The maximum absolute atomic E-state index is 10.7. The van der Waals surface area contributed by atoms with E-state index < -0.39 is 0 Å². The Balaban J connectivity index is 1.54. The van der Waals surface area contributed by atoms with Gasteiger partial charge in [-0.15, -0.1) is 0 Å². The van der Waals surface area contributed by atoms with Crippen LogP contribution in [-0.4, -0.2) is 36.0 Å². The minimum atomic E-state index is -0.353. The van der Waals surface area contributed by atoms with E-state index in [1.807, 2.05) is 18.2 Å². The maximum atomic E-state index is 10.7. The number of non-ortho nitro benzene ring substituents is 1. The quantitative estimate of drug-likeness (QED) is 0.621. The monoisotopic (exact) mass is 325 g/mol. The average Bonchev–Trinajstić information content (AvgIpc) is 2.63. The lowest BCUT2D eigenvalue weighted by Crippen LogP contribution is -2.43. The normalized spacial score (nSPS) is 15.7. The summed E-state index contributed by atoms with van der Waals surface area (Å²) in [6, 6.07) is 18.0. The van der Waals surface area contributed by atoms with E-state index in [0.29, 0.717) is 6.04 Å². The van der Waals surface area contributed by atoms with Gasteiger partial charge >= 0.3 is 0 Å². The fourth-order valence-corrected chi connectivity index (χ4v) is 3.35. The number of hydrogen-bond acceptors (Lipinski definition) is 4. The van der Waals surface area contributed by atoms with Crippen LogP contribution in [0.15, 0.2) is 54.6 Å². The number of anilines is 1. The Morgan fingerprint density at radius 1 is 1.08 bits per heavy atom. The van der Waals surface area contributed by atoms with Gasteiger partial charge in [0.25, 0.3) is 5.69 Å². The molecule has 5 nitrogen and oxygen atoms in total. The average molecular weight is 325 g/mol. The number of piperidine rings is 1. The van der Waals surface area contributed by atoms with Crippen LogP contribution in [0.3, 0.4) is 0 Å². The van der Waals surface area contributed by atoms with Gasteiger partial charge in [0.2, 0.25) is 0 Å². The van der Waals surface area contributed by atoms with Gasteiger partial charge in [-0.2, -0.15) is 0 Å². The summed E-state index contributed by atoms with van der Waals surface area (Å²) in [4.78, 5) is 15.1. The molecule has 0 atom stereocenters. The molecule has 1 saturated heterocycles. The summed E-state index contributed by atoms with van der Waals surface area (Å²) >= 11 is 0. The van der Waals surface area contributed by atoms with Crippen molar-refractivity contribution < 1.29 is 4.92 Å². The van der Waals surface area contributed by atoms with Gasteiger partial charge in [-0.3, -0.25) is 15.0 Å².